The molecule has 1 atom stereocenters. The van der Waals surface area contributed by atoms with Gasteiger partial charge in [-0.15, -0.1) is 0 Å². The SMILES string of the molecule is CC[C@H](C(=O)Nc1ccc2c(c1)sc(=O)n2C)N(c1cc(Cl)cc(Cl)c1)S(C)(=O)=O. The van der Waals surface area contributed by atoms with Crippen LogP contribution in [0.4, 0.5) is 11.4 Å². The van der Waals surface area contributed by atoms with Crippen molar-refractivity contribution >= 4 is 72.1 Å². The number of fused-ring (bicyclic) bond motifs is 1. The van der Waals surface area contributed by atoms with Crippen molar-refractivity contribution in [3.63, 3.8) is 0 Å². The summed E-state index contributed by atoms with van der Waals surface area (Å²) >= 11 is 13.1. The van der Waals surface area contributed by atoms with Gasteiger partial charge in [0.15, 0.2) is 0 Å². The molecular formula is C19H19Cl2N3O4S2. The monoisotopic (exact) mass is 487 g/mol. The van der Waals surface area contributed by atoms with Gasteiger partial charge < -0.3 is 9.88 Å². The summed E-state index contributed by atoms with van der Waals surface area (Å²) in [7, 11) is -2.15. The number of carbonyl (C=O) groups is 1. The van der Waals surface area contributed by atoms with Crippen LogP contribution in [0.25, 0.3) is 10.2 Å². The smallest absolute Gasteiger partial charge is 0.307 e. The Kier molecular flexibility index (Phi) is 6.47. The number of carbonyl (C=O) groups excluding carboxylic acids is 1. The third kappa shape index (κ3) is 4.64. The summed E-state index contributed by atoms with van der Waals surface area (Å²) in [6.07, 6.45) is 1.23. The van der Waals surface area contributed by atoms with E-state index in [1.807, 2.05) is 0 Å². The highest BCUT2D eigenvalue weighted by atomic mass is 35.5. The molecule has 3 rings (SSSR count). The van der Waals surface area contributed by atoms with Crippen molar-refractivity contribution in [2.24, 2.45) is 7.05 Å². The molecule has 11 heteroatoms. The Balaban J connectivity index is 1.97. The summed E-state index contributed by atoms with van der Waals surface area (Å²) in [4.78, 5) is 24.8. The van der Waals surface area contributed by atoms with Crippen molar-refractivity contribution in [1.29, 1.82) is 0 Å². The van der Waals surface area contributed by atoms with Gasteiger partial charge in [-0.25, -0.2) is 8.42 Å². The first-order chi connectivity index (χ1) is 14.0. The zero-order valence-corrected chi connectivity index (χ0v) is 19.5. The number of nitrogens with one attached hydrogen (secondary N) is 1. The van der Waals surface area contributed by atoms with Gasteiger partial charge in [0.1, 0.15) is 6.04 Å². The minimum absolute atomic E-state index is 0.110. The number of rotatable bonds is 6. The Morgan fingerprint density at radius 2 is 1.83 bits per heavy atom. The topological polar surface area (TPSA) is 88.5 Å². The van der Waals surface area contributed by atoms with Gasteiger partial charge in [0, 0.05) is 22.8 Å². The van der Waals surface area contributed by atoms with Crippen LogP contribution in [-0.4, -0.2) is 31.2 Å². The zero-order valence-electron chi connectivity index (χ0n) is 16.3. The average Bonchev–Trinajstić information content (AvgIpc) is 2.91. The van der Waals surface area contributed by atoms with E-state index in [1.54, 1.807) is 32.2 Å². The van der Waals surface area contributed by atoms with Crippen LogP contribution in [0.3, 0.4) is 0 Å². The van der Waals surface area contributed by atoms with Crippen LogP contribution < -0.4 is 14.5 Å². The summed E-state index contributed by atoms with van der Waals surface area (Å²) in [5.74, 6) is -0.512. The number of sulfonamides is 1. The van der Waals surface area contributed by atoms with E-state index in [4.69, 9.17) is 23.2 Å². The fourth-order valence-corrected chi connectivity index (χ4v) is 5.79. The maximum absolute atomic E-state index is 13.0. The molecule has 0 saturated carbocycles. The lowest BCUT2D eigenvalue weighted by molar-refractivity contribution is -0.117. The Morgan fingerprint density at radius 3 is 2.40 bits per heavy atom. The molecule has 7 nitrogen and oxygen atoms in total. The number of halogens is 2. The first-order valence-electron chi connectivity index (χ1n) is 8.87. The third-order valence-corrected chi connectivity index (χ3v) is 7.10. The van der Waals surface area contributed by atoms with Crippen LogP contribution in [-0.2, 0) is 21.9 Å². The number of benzene rings is 2. The normalized spacial score (nSPS) is 12.7. The van der Waals surface area contributed by atoms with E-state index < -0.39 is 22.0 Å². The molecule has 0 aliphatic rings. The molecule has 1 heterocycles. The Labute approximate surface area is 187 Å². The Bertz CT molecular complexity index is 1260. The number of aryl methyl sites for hydroxylation is 1. The molecule has 0 unspecified atom stereocenters. The Morgan fingerprint density at radius 1 is 1.20 bits per heavy atom. The van der Waals surface area contributed by atoms with Crippen molar-refractivity contribution in [1.82, 2.24) is 4.57 Å². The summed E-state index contributed by atoms with van der Waals surface area (Å²) in [6.45, 7) is 1.71. The lowest BCUT2D eigenvalue weighted by Crippen LogP contribution is -2.47. The molecule has 1 N–H and O–H groups in total. The van der Waals surface area contributed by atoms with E-state index in [9.17, 15) is 18.0 Å². The second kappa shape index (κ2) is 8.58. The average molecular weight is 488 g/mol. The molecule has 30 heavy (non-hydrogen) atoms. The van der Waals surface area contributed by atoms with Crippen molar-refractivity contribution in [3.05, 3.63) is 56.1 Å². The van der Waals surface area contributed by atoms with Crippen molar-refractivity contribution < 1.29 is 13.2 Å². The molecular weight excluding hydrogens is 469 g/mol. The van der Waals surface area contributed by atoms with E-state index in [2.05, 4.69) is 5.32 Å². The van der Waals surface area contributed by atoms with Gasteiger partial charge in [-0.3, -0.25) is 13.9 Å². The standard InChI is InChI=1S/C19H19Cl2N3O4S2/c1-4-15(24(30(3,27)28)14-8-11(20)7-12(21)9-14)18(25)22-13-5-6-16-17(10-13)29-19(26)23(16)2/h5-10,15H,4H2,1-3H3,(H,22,25)/t15-/m1/s1. The summed E-state index contributed by atoms with van der Waals surface area (Å²) in [5, 5.41) is 3.26. The molecule has 2 aromatic carbocycles. The molecule has 1 amide bonds. The first kappa shape index (κ1) is 22.6. The van der Waals surface area contributed by atoms with E-state index in [1.165, 1.54) is 22.8 Å². The highest BCUT2D eigenvalue weighted by Crippen LogP contribution is 2.30. The molecule has 3 aromatic rings. The largest absolute Gasteiger partial charge is 0.324 e. The molecule has 0 saturated heterocycles. The van der Waals surface area contributed by atoms with Gasteiger partial charge in [-0.1, -0.05) is 41.5 Å². The number of hydrogen-bond donors (Lipinski definition) is 1. The number of nitrogens with zero attached hydrogens (tertiary/aromatic N) is 2. The number of amides is 1. The van der Waals surface area contributed by atoms with E-state index in [-0.39, 0.29) is 27.0 Å². The molecule has 1 aromatic heterocycles. The molecule has 0 aliphatic carbocycles. The maximum Gasteiger partial charge on any atom is 0.307 e. The number of aromatic nitrogens is 1. The highest BCUT2D eigenvalue weighted by Gasteiger charge is 2.32. The Hall–Kier alpha value is -2.07. The van der Waals surface area contributed by atoms with Crippen LogP contribution in [0.15, 0.2) is 41.2 Å². The minimum atomic E-state index is -3.82. The van der Waals surface area contributed by atoms with Crippen LogP contribution >= 0.6 is 34.5 Å². The number of thiazole rings is 1. The predicted molar refractivity (Wildman–Crippen MR) is 124 cm³/mol. The molecule has 0 radical (unpaired) electrons. The highest BCUT2D eigenvalue weighted by molar-refractivity contribution is 7.92. The van der Waals surface area contributed by atoms with Crippen molar-refractivity contribution in [3.8, 4) is 0 Å². The van der Waals surface area contributed by atoms with Crippen LogP contribution in [0.5, 0.6) is 0 Å². The fourth-order valence-electron chi connectivity index (χ4n) is 3.16. The van der Waals surface area contributed by atoms with Crippen LogP contribution in [0.2, 0.25) is 10.0 Å². The molecule has 0 spiro atoms. The quantitative estimate of drug-likeness (QED) is 0.566. The van der Waals surface area contributed by atoms with Gasteiger partial charge in [0.2, 0.25) is 15.9 Å². The minimum Gasteiger partial charge on any atom is -0.324 e. The molecule has 160 valence electrons. The van der Waals surface area contributed by atoms with Gasteiger partial charge in [0.05, 0.1) is 22.2 Å². The van der Waals surface area contributed by atoms with Crippen LogP contribution in [0.1, 0.15) is 13.3 Å². The molecule has 0 bridgehead atoms. The van der Waals surface area contributed by atoms with Crippen molar-refractivity contribution in [2.45, 2.75) is 19.4 Å². The van der Waals surface area contributed by atoms with Crippen LogP contribution in [0, 0.1) is 0 Å². The predicted octanol–water partition coefficient (Wildman–Crippen LogP) is 4.09. The third-order valence-electron chi connectivity index (χ3n) is 4.49. The number of anilines is 2. The van der Waals surface area contributed by atoms with E-state index in [0.717, 1.165) is 32.1 Å². The zero-order chi connectivity index (χ0) is 22.2. The number of hydrogen-bond acceptors (Lipinski definition) is 5. The maximum atomic E-state index is 13.0. The lowest BCUT2D eigenvalue weighted by Gasteiger charge is -2.30. The van der Waals surface area contributed by atoms with Gasteiger partial charge in [-0.2, -0.15) is 0 Å². The summed E-state index contributed by atoms with van der Waals surface area (Å²) < 4.78 is 28.4. The molecule has 0 fully saturated rings. The van der Waals surface area contributed by atoms with Gasteiger partial charge in [0.25, 0.3) is 0 Å². The van der Waals surface area contributed by atoms with E-state index >= 15 is 0 Å². The summed E-state index contributed by atoms with van der Waals surface area (Å²) in [6, 6.07) is 8.42. The van der Waals surface area contributed by atoms with E-state index in [0.29, 0.717) is 5.69 Å². The first-order valence-corrected chi connectivity index (χ1v) is 12.3. The van der Waals surface area contributed by atoms with Gasteiger partial charge >= 0.3 is 4.87 Å². The van der Waals surface area contributed by atoms with Gasteiger partial charge in [-0.05, 0) is 42.8 Å². The fraction of sp³-hybridized carbons (Fsp3) is 0.263. The molecule has 0 aliphatic heterocycles. The lowest BCUT2D eigenvalue weighted by atomic mass is 10.1. The summed E-state index contributed by atoms with van der Waals surface area (Å²) in [5.41, 5.74) is 1.42. The second-order valence-electron chi connectivity index (χ2n) is 6.71. The second-order valence-corrected chi connectivity index (χ2v) is 10.4. The van der Waals surface area contributed by atoms with Crippen molar-refractivity contribution in [2.75, 3.05) is 15.9 Å².